The Morgan fingerprint density at radius 2 is 1.41 bits per heavy atom. The number of hydrogen-bond donors (Lipinski definition) is 2. The molecule has 0 heterocycles. The van der Waals surface area contributed by atoms with E-state index in [0.29, 0.717) is 17.1 Å². The van der Waals surface area contributed by atoms with E-state index in [1.54, 1.807) is 18.2 Å². The second-order valence-electron chi connectivity index (χ2n) is 7.60. The van der Waals surface area contributed by atoms with Crippen molar-refractivity contribution in [1.82, 2.24) is 10.6 Å². The average Bonchev–Trinajstić information content (AvgIpc) is 2.81. The van der Waals surface area contributed by atoms with Crippen LogP contribution in [-0.4, -0.2) is 31.6 Å². The first-order valence-corrected chi connectivity index (χ1v) is 10.5. The van der Waals surface area contributed by atoms with Crippen molar-refractivity contribution in [1.29, 1.82) is 0 Å². The van der Waals surface area contributed by atoms with Crippen molar-refractivity contribution >= 4 is 11.8 Å². The highest BCUT2D eigenvalue weighted by atomic mass is 16.5. The summed E-state index contributed by atoms with van der Waals surface area (Å²) < 4.78 is 11.0. The summed E-state index contributed by atoms with van der Waals surface area (Å²) >= 11 is 0. The lowest BCUT2D eigenvalue weighted by molar-refractivity contribution is -0.123. The predicted molar refractivity (Wildman–Crippen MR) is 124 cm³/mol. The summed E-state index contributed by atoms with van der Waals surface area (Å²) in [4.78, 5) is 24.9. The quantitative estimate of drug-likeness (QED) is 0.533. The molecule has 0 aromatic heterocycles. The third kappa shape index (κ3) is 6.11. The Hall–Kier alpha value is -3.80. The zero-order chi connectivity index (χ0) is 22.9. The molecule has 3 aromatic rings. The molecule has 0 unspecified atom stereocenters. The number of carbonyl (C=O) groups is 2. The monoisotopic (exact) mass is 432 g/mol. The van der Waals surface area contributed by atoms with Gasteiger partial charge in [0, 0.05) is 11.6 Å². The lowest BCUT2D eigenvalue weighted by Gasteiger charge is -2.20. The molecule has 0 saturated carbocycles. The molecule has 0 aliphatic rings. The van der Waals surface area contributed by atoms with Crippen LogP contribution in [0.5, 0.6) is 11.5 Å². The van der Waals surface area contributed by atoms with Crippen LogP contribution in [-0.2, 0) is 4.79 Å². The van der Waals surface area contributed by atoms with E-state index in [1.165, 1.54) is 7.11 Å². The van der Waals surface area contributed by atoms with E-state index >= 15 is 0 Å². The zero-order valence-electron chi connectivity index (χ0n) is 18.5. The maximum Gasteiger partial charge on any atom is 0.258 e. The van der Waals surface area contributed by atoms with Crippen LogP contribution in [0.25, 0.3) is 0 Å². The molecule has 2 N–H and O–H groups in total. The van der Waals surface area contributed by atoms with Crippen LogP contribution in [0.2, 0.25) is 0 Å². The number of benzene rings is 3. The predicted octanol–water partition coefficient (Wildman–Crippen LogP) is 4.12. The van der Waals surface area contributed by atoms with Crippen molar-refractivity contribution < 1.29 is 19.1 Å². The maximum absolute atomic E-state index is 13.1. The molecule has 6 nitrogen and oxygen atoms in total. The molecule has 2 amide bonds. The first kappa shape index (κ1) is 22.9. The summed E-state index contributed by atoms with van der Waals surface area (Å²) in [5.41, 5.74) is 2.39. The highest BCUT2D eigenvalue weighted by Gasteiger charge is 2.19. The van der Waals surface area contributed by atoms with Crippen LogP contribution < -0.4 is 20.1 Å². The van der Waals surface area contributed by atoms with Gasteiger partial charge in [-0.3, -0.25) is 9.59 Å². The van der Waals surface area contributed by atoms with Crippen molar-refractivity contribution in [3.05, 3.63) is 95.6 Å². The van der Waals surface area contributed by atoms with E-state index < -0.39 is 0 Å². The number of ether oxygens (including phenoxy) is 2. The molecule has 0 aliphatic heterocycles. The second-order valence-corrected chi connectivity index (χ2v) is 7.60. The molecule has 0 radical (unpaired) electrons. The van der Waals surface area contributed by atoms with Gasteiger partial charge in [0.1, 0.15) is 0 Å². The normalized spacial score (nSPS) is 10.7. The third-order valence-electron chi connectivity index (χ3n) is 4.78. The van der Waals surface area contributed by atoms with Crippen molar-refractivity contribution in [3.63, 3.8) is 0 Å². The number of amides is 2. The van der Waals surface area contributed by atoms with Gasteiger partial charge in [-0.1, -0.05) is 60.7 Å². The van der Waals surface area contributed by atoms with Gasteiger partial charge < -0.3 is 20.1 Å². The molecule has 3 aromatic carbocycles. The largest absolute Gasteiger partial charge is 0.493 e. The fourth-order valence-corrected chi connectivity index (χ4v) is 3.30. The molecule has 0 saturated heterocycles. The van der Waals surface area contributed by atoms with Crippen molar-refractivity contribution in [3.8, 4) is 11.5 Å². The fraction of sp³-hybridized carbons (Fsp3) is 0.231. The van der Waals surface area contributed by atoms with Crippen LogP contribution in [0.15, 0.2) is 78.9 Å². The van der Waals surface area contributed by atoms with Crippen molar-refractivity contribution in [2.75, 3.05) is 13.7 Å². The van der Waals surface area contributed by atoms with Crippen LogP contribution in [0, 0.1) is 0 Å². The first-order chi connectivity index (χ1) is 15.5. The van der Waals surface area contributed by atoms with Crippen LogP contribution >= 0.6 is 0 Å². The van der Waals surface area contributed by atoms with E-state index in [4.69, 9.17) is 9.47 Å². The molecule has 0 bridgehead atoms. The van der Waals surface area contributed by atoms with E-state index in [1.807, 2.05) is 74.5 Å². The van der Waals surface area contributed by atoms with E-state index in [0.717, 1.165) is 11.1 Å². The lowest BCUT2D eigenvalue weighted by atomic mass is 9.98. The topological polar surface area (TPSA) is 76.7 Å². The molecule has 0 fully saturated rings. The minimum Gasteiger partial charge on any atom is -0.493 e. The maximum atomic E-state index is 13.1. The third-order valence-corrected chi connectivity index (χ3v) is 4.78. The fourth-order valence-electron chi connectivity index (χ4n) is 3.30. The number of carbonyl (C=O) groups excluding carboxylic acids is 2. The summed E-state index contributed by atoms with van der Waals surface area (Å²) in [6.07, 6.45) is 0. The number of hydrogen-bond acceptors (Lipinski definition) is 4. The Bertz CT molecular complexity index is 997. The van der Waals surface area contributed by atoms with Crippen molar-refractivity contribution in [2.24, 2.45) is 0 Å². The lowest BCUT2D eigenvalue weighted by Crippen LogP contribution is -2.34. The Kier molecular flexibility index (Phi) is 7.86. The molecule has 6 heteroatoms. The zero-order valence-corrected chi connectivity index (χ0v) is 18.5. The standard InChI is InChI=1S/C26H28N2O4/c1-18(2)27-24(29)17-32-22-15-14-21(16-23(22)31-3)26(30)28-25(19-10-6-4-7-11-19)20-12-8-5-9-13-20/h4-16,18,25H,17H2,1-3H3,(H,27,29)(H,28,30). The average molecular weight is 433 g/mol. The van der Waals surface area contributed by atoms with Gasteiger partial charge in [-0.2, -0.15) is 0 Å². The highest BCUT2D eigenvalue weighted by Crippen LogP contribution is 2.29. The summed E-state index contributed by atoms with van der Waals surface area (Å²) in [6, 6.07) is 24.2. The van der Waals surface area contributed by atoms with Gasteiger partial charge in [0.15, 0.2) is 18.1 Å². The summed E-state index contributed by atoms with van der Waals surface area (Å²) in [5.74, 6) is 0.305. The molecule has 0 spiro atoms. The smallest absolute Gasteiger partial charge is 0.258 e. The second kappa shape index (κ2) is 11.0. The summed E-state index contributed by atoms with van der Waals surface area (Å²) in [6.45, 7) is 3.62. The summed E-state index contributed by atoms with van der Waals surface area (Å²) in [7, 11) is 1.49. The minimum atomic E-state index is -0.299. The summed E-state index contributed by atoms with van der Waals surface area (Å²) in [5, 5.41) is 5.87. The van der Waals surface area contributed by atoms with Crippen molar-refractivity contribution in [2.45, 2.75) is 25.9 Å². The van der Waals surface area contributed by atoms with Gasteiger partial charge in [0.2, 0.25) is 0 Å². The van der Waals surface area contributed by atoms with Crippen LogP contribution in [0.1, 0.15) is 41.4 Å². The molecule has 3 rings (SSSR count). The van der Waals surface area contributed by atoms with E-state index in [-0.39, 0.29) is 30.5 Å². The molecule has 32 heavy (non-hydrogen) atoms. The van der Waals surface area contributed by atoms with Crippen LogP contribution in [0.3, 0.4) is 0 Å². The number of rotatable bonds is 9. The number of nitrogens with one attached hydrogen (secondary N) is 2. The Morgan fingerprint density at radius 3 is 1.94 bits per heavy atom. The van der Waals surface area contributed by atoms with Gasteiger partial charge >= 0.3 is 0 Å². The Labute approximate surface area is 188 Å². The van der Waals surface area contributed by atoms with Gasteiger partial charge in [0.25, 0.3) is 11.8 Å². The van der Waals surface area contributed by atoms with Crippen LogP contribution in [0.4, 0.5) is 0 Å². The van der Waals surface area contributed by atoms with E-state index in [2.05, 4.69) is 10.6 Å². The molecule has 166 valence electrons. The highest BCUT2D eigenvalue weighted by molar-refractivity contribution is 5.95. The SMILES string of the molecule is COc1cc(C(=O)NC(c2ccccc2)c2ccccc2)ccc1OCC(=O)NC(C)C. The molecular weight excluding hydrogens is 404 g/mol. The minimum absolute atomic E-state index is 0.0289. The molecule has 0 atom stereocenters. The van der Waals surface area contributed by atoms with Gasteiger partial charge in [0.05, 0.1) is 13.2 Å². The molecular formula is C26H28N2O4. The van der Waals surface area contributed by atoms with Gasteiger partial charge in [-0.25, -0.2) is 0 Å². The Balaban J connectivity index is 1.78. The molecule has 0 aliphatic carbocycles. The van der Waals surface area contributed by atoms with E-state index in [9.17, 15) is 9.59 Å². The Morgan fingerprint density at radius 1 is 0.812 bits per heavy atom. The van der Waals surface area contributed by atoms with Gasteiger partial charge in [-0.05, 0) is 43.2 Å². The number of methoxy groups -OCH3 is 1. The first-order valence-electron chi connectivity index (χ1n) is 10.5. The van der Waals surface area contributed by atoms with Gasteiger partial charge in [-0.15, -0.1) is 0 Å².